The minimum Gasteiger partial charge on any atom is -0.206 e. The standard InChI is InChI=1S/C12H16ClNO2S/c13-14-17(15,16)12-9-5-4-8-11(12)10-6-2-1-3-7-10/h4-5,8-10,14H,1-3,6-7H2. The van der Waals surface area contributed by atoms with Crippen LogP contribution in [0.4, 0.5) is 0 Å². The van der Waals surface area contributed by atoms with Gasteiger partial charge in [0.15, 0.2) is 0 Å². The zero-order valence-corrected chi connectivity index (χ0v) is 11.1. The topological polar surface area (TPSA) is 46.2 Å². The van der Waals surface area contributed by atoms with Crippen LogP contribution in [-0.4, -0.2) is 8.42 Å². The number of sulfonamides is 1. The third kappa shape index (κ3) is 2.81. The second-order valence-corrected chi connectivity index (χ2v) is 6.52. The van der Waals surface area contributed by atoms with Crippen LogP contribution in [0.25, 0.3) is 0 Å². The third-order valence-electron chi connectivity index (χ3n) is 3.36. The number of rotatable bonds is 3. The molecule has 1 aliphatic carbocycles. The molecular formula is C12H16ClNO2S. The lowest BCUT2D eigenvalue weighted by Crippen LogP contribution is -2.17. The maximum Gasteiger partial charge on any atom is 0.254 e. The van der Waals surface area contributed by atoms with Gasteiger partial charge in [-0.1, -0.05) is 37.5 Å². The second kappa shape index (κ2) is 5.38. The summed E-state index contributed by atoms with van der Waals surface area (Å²) in [6, 6.07) is 7.14. The Morgan fingerprint density at radius 3 is 2.41 bits per heavy atom. The lowest BCUT2D eigenvalue weighted by molar-refractivity contribution is 0.438. The van der Waals surface area contributed by atoms with Crippen LogP contribution < -0.4 is 4.24 Å². The van der Waals surface area contributed by atoms with Crippen molar-refractivity contribution < 1.29 is 8.42 Å². The minimum absolute atomic E-state index is 0.321. The molecular weight excluding hydrogens is 258 g/mol. The molecule has 0 heterocycles. The minimum atomic E-state index is -3.56. The molecule has 3 nitrogen and oxygen atoms in total. The molecule has 1 fully saturated rings. The second-order valence-electron chi connectivity index (χ2n) is 4.45. The highest BCUT2D eigenvalue weighted by Gasteiger charge is 2.23. The molecule has 0 radical (unpaired) electrons. The van der Waals surface area contributed by atoms with Gasteiger partial charge in [-0.05, 0) is 42.2 Å². The molecule has 1 N–H and O–H groups in total. The van der Waals surface area contributed by atoms with Crippen molar-refractivity contribution in [3.05, 3.63) is 29.8 Å². The molecule has 0 bridgehead atoms. The average Bonchev–Trinajstić information content (AvgIpc) is 2.40. The van der Waals surface area contributed by atoms with Crippen LogP contribution >= 0.6 is 11.8 Å². The SMILES string of the molecule is O=S(=O)(NCl)c1ccccc1C1CCCCC1. The summed E-state index contributed by atoms with van der Waals surface area (Å²) in [4.78, 5) is 0.321. The van der Waals surface area contributed by atoms with Crippen molar-refractivity contribution >= 4 is 21.8 Å². The van der Waals surface area contributed by atoms with E-state index in [2.05, 4.69) is 0 Å². The fourth-order valence-corrected chi connectivity index (χ4v) is 3.65. The van der Waals surface area contributed by atoms with Gasteiger partial charge in [-0.25, -0.2) is 8.42 Å². The first-order valence-corrected chi connectivity index (χ1v) is 7.72. The lowest BCUT2D eigenvalue weighted by atomic mass is 9.84. The van der Waals surface area contributed by atoms with Gasteiger partial charge in [0, 0.05) is 0 Å². The summed E-state index contributed by atoms with van der Waals surface area (Å²) in [6.07, 6.45) is 5.73. The summed E-state index contributed by atoms with van der Waals surface area (Å²) >= 11 is 5.30. The van der Waals surface area contributed by atoms with Crippen LogP contribution in [0.3, 0.4) is 0 Å². The van der Waals surface area contributed by atoms with Crippen LogP contribution in [0.1, 0.15) is 43.6 Å². The van der Waals surface area contributed by atoms with Crippen LogP contribution in [0.15, 0.2) is 29.2 Å². The van der Waals surface area contributed by atoms with Gasteiger partial charge in [0.05, 0.1) is 4.90 Å². The van der Waals surface area contributed by atoms with Gasteiger partial charge in [0.1, 0.15) is 0 Å². The van der Waals surface area contributed by atoms with Gasteiger partial charge < -0.3 is 0 Å². The van der Waals surface area contributed by atoms with Crippen LogP contribution in [-0.2, 0) is 10.0 Å². The number of hydrogen-bond donors (Lipinski definition) is 1. The van der Waals surface area contributed by atoms with Crippen molar-refractivity contribution in [2.45, 2.75) is 42.9 Å². The van der Waals surface area contributed by atoms with E-state index in [0.29, 0.717) is 10.8 Å². The van der Waals surface area contributed by atoms with Crippen LogP contribution in [0.5, 0.6) is 0 Å². The van der Waals surface area contributed by atoms with E-state index in [1.54, 1.807) is 12.1 Å². The fourth-order valence-electron chi connectivity index (χ4n) is 2.52. The number of benzene rings is 1. The molecule has 0 aromatic heterocycles. The number of hydrogen-bond acceptors (Lipinski definition) is 2. The Labute approximate surface area is 107 Å². The number of halogens is 1. The molecule has 0 unspecified atom stereocenters. The molecule has 0 spiro atoms. The molecule has 17 heavy (non-hydrogen) atoms. The van der Waals surface area contributed by atoms with E-state index in [1.165, 1.54) is 19.3 Å². The van der Waals surface area contributed by atoms with E-state index >= 15 is 0 Å². The van der Waals surface area contributed by atoms with Crippen molar-refractivity contribution in [1.82, 2.24) is 4.24 Å². The van der Waals surface area contributed by atoms with Crippen molar-refractivity contribution in [2.24, 2.45) is 0 Å². The predicted octanol–water partition coefficient (Wildman–Crippen LogP) is 3.17. The first kappa shape index (κ1) is 12.9. The summed E-state index contributed by atoms with van der Waals surface area (Å²) in [5, 5.41) is 0. The monoisotopic (exact) mass is 273 g/mol. The van der Waals surface area contributed by atoms with Gasteiger partial charge in [0.2, 0.25) is 0 Å². The summed E-state index contributed by atoms with van der Waals surface area (Å²) in [6.45, 7) is 0. The molecule has 5 heteroatoms. The largest absolute Gasteiger partial charge is 0.254 e. The van der Waals surface area contributed by atoms with Crippen molar-refractivity contribution in [3.63, 3.8) is 0 Å². The van der Waals surface area contributed by atoms with Crippen molar-refractivity contribution in [3.8, 4) is 0 Å². The van der Waals surface area contributed by atoms with Gasteiger partial charge in [-0.3, -0.25) is 0 Å². The zero-order valence-electron chi connectivity index (χ0n) is 9.52. The Balaban J connectivity index is 2.40. The van der Waals surface area contributed by atoms with Gasteiger partial charge in [-0.15, -0.1) is 4.24 Å². The number of nitrogens with one attached hydrogen (secondary N) is 1. The van der Waals surface area contributed by atoms with E-state index < -0.39 is 10.0 Å². The maximum absolute atomic E-state index is 11.8. The summed E-state index contributed by atoms with van der Waals surface area (Å²) in [5.41, 5.74) is 0.903. The van der Waals surface area contributed by atoms with Crippen LogP contribution in [0, 0.1) is 0 Å². The van der Waals surface area contributed by atoms with Gasteiger partial charge in [0.25, 0.3) is 10.0 Å². The summed E-state index contributed by atoms with van der Waals surface area (Å²) in [7, 11) is -3.56. The Morgan fingerprint density at radius 1 is 1.12 bits per heavy atom. The van der Waals surface area contributed by atoms with Gasteiger partial charge >= 0.3 is 0 Å². The maximum atomic E-state index is 11.8. The molecule has 0 atom stereocenters. The van der Waals surface area contributed by atoms with E-state index in [0.717, 1.165) is 18.4 Å². The molecule has 1 aliphatic rings. The molecule has 1 aromatic rings. The smallest absolute Gasteiger partial charge is 0.206 e. The molecule has 2 rings (SSSR count). The molecule has 0 amide bonds. The highest BCUT2D eigenvalue weighted by molar-refractivity contribution is 7.90. The Kier molecular flexibility index (Phi) is 4.07. The summed E-state index contributed by atoms with van der Waals surface area (Å²) in [5.74, 6) is 0.347. The normalized spacial score (nSPS) is 18.2. The first-order valence-electron chi connectivity index (χ1n) is 5.86. The van der Waals surface area contributed by atoms with E-state index in [1.807, 2.05) is 16.4 Å². The molecule has 1 aromatic carbocycles. The molecule has 0 aliphatic heterocycles. The molecule has 0 saturated heterocycles. The fraction of sp³-hybridized carbons (Fsp3) is 0.500. The third-order valence-corrected chi connectivity index (χ3v) is 5.12. The molecule has 94 valence electrons. The highest BCUT2D eigenvalue weighted by Crippen LogP contribution is 2.35. The summed E-state index contributed by atoms with van der Waals surface area (Å²) < 4.78 is 25.5. The predicted molar refractivity (Wildman–Crippen MR) is 68.4 cm³/mol. The first-order chi connectivity index (χ1) is 8.15. The lowest BCUT2D eigenvalue weighted by Gasteiger charge is -2.23. The zero-order chi connectivity index (χ0) is 12.3. The van der Waals surface area contributed by atoms with Crippen LogP contribution in [0.2, 0.25) is 0 Å². The molecule has 1 saturated carbocycles. The van der Waals surface area contributed by atoms with E-state index in [9.17, 15) is 8.42 Å². The quantitative estimate of drug-likeness (QED) is 0.860. The van der Waals surface area contributed by atoms with E-state index in [4.69, 9.17) is 11.8 Å². The van der Waals surface area contributed by atoms with Crippen molar-refractivity contribution in [1.29, 1.82) is 0 Å². The van der Waals surface area contributed by atoms with E-state index in [-0.39, 0.29) is 0 Å². The Bertz CT molecular complexity index is 481. The average molecular weight is 274 g/mol. The van der Waals surface area contributed by atoms with Crippen molar-refractivity contribution in [2.75, 3.05) is 0 Å². The highest BCUT2D eigenvalue weighted by atomic mass is 35.5. The Morgan fingerprint density at radius 2 is 1.76 bits per heavy atom. The van der Waals surface area contributed by atoms with Gasteiger partial charge in [-0.2, -0.15) is 0 Å². The Hall–Kier alpha value is -0.580.